The van der Waals surface area contributed by atoms with E-state index in [1.165, 1.54) is 17.5 Å². The average molecular weight is 449 g/mol. The number of nitrogens with zero attached hydrogens (tertiary/aromatic N) is 1. The second kappa shape index (κ2) is 10.6. The van der Waals surface area contributed by atoms with Gasteiger partial charge in [0.15, 0.2) is 0 Å². The molecule has 3 aliphatic rings. The maximum atomic E-state index is 12.7. The highest BCUT2D eigenvalue weighted by Crippen LogP contribution is 2.55. The number of fused-ring (bicyclic) bond motifs is 5. The van der Waals surface area contributed by atoms with Crippen molar-refractivity contribution in [3.63, 3.8) is 0 Å². The van der Waals surface area contributed by atoms with Crippen LogP contribution < -0.4 is 5.32 Å². The number of rotatable bonds is 5. The summed E-state index contributed by atoms with van der Waals surface area (Å²) in [6, 6.07) is 7.98. The van der Waals surface area contributed by atoms with Gasteiger partial charge in [0.25, 0.3) is 0 Å². The number of hydrogen-bond acceptors (Lipinski definition) is 5. The average Bonchev–Trinajstić information content (AvgIpc) is 3.15. The van der Waals surface area contributed by atoms with Crippen molar-refractivity contribution in [1.29, 1.82) is 0 Å². The van der Waals surface area contributed by atoms with Crippen molar-refractivity contribution in [1.82, 2.24) is 10.3 Å². The number of carbonyl (C=O) groups excluding carboxylic acids is 2. The summed E-state index contributed by atoms with van der Waals surface area (Å²) in [5, 5.41) is 13.4. The molecule has 3 aliphatic carbocycles. The second-order valence-corrected chi connectivity index (χ2v) is 9.81. The minimum absolute atomic E-state index is 0.233. The number of pyridine rings is 1. The zero-order chi connectivity index (χ0) is 23.4. The molecule has 5 rings (SSSR count). The van der Waals surface area contributed by atoms with Gasteiger partial charge in [-0.15, -0.1) is 0 Å². The molecular formula is C28H36N2O3. The van der Waals surface area contributed by atoms with Crippen molar-refractivity contribution in [3.05, 3.63) is 58.9 Å². The Balaban J connectivity index is 0.000000243. The summed E-state index contributed by atoms with van der Waals surface area (Å²) in [6.45, 7) is 2.95. The van der Waals surface area contributed by atoms with Crippen molar-refractivity contribution in [2.75, 3.05) is 13.6 Å². The third-order valence-corrected chi connectivity index (χ3v) is 8.06. The highest BCUT2D eigenvalue weighted by molar-refractivity contribution is 5.86. The van der Waals surface area contributed by atoms with Gasteiger partial charge >= 0.3 is 0 Å². The fourth-order valence-electron chi connectivity index (χ4n) is 6.53. The van der Waals surface area contributed by atoms with Gasteiger partial charge in [-0.3, -0.25) is 9.78 Å². The Bertz CT molecular complexity index is 975. The molecule has 5 nitrogen and oxygen atoms in total. The van der Waals surface area contributed by atoms with Crippen LogP contribution in [0.25, 0.3) is 0 Å². The fraction of sp³-hybridized carbons (Fsp3) is 0.536. The number of aryl methyl sites for hydroxylation is 2. The number of aldehydes is 1. The minimum Gasteiger partial charge on any atom is -0.508 e. The van der Waals surface area contributed by atoms with E-state index in [4.69, 9.17) is 0 Å². The van der Waals surface area contributed by atoms with E-state index in [1.807, 2.05) is 25.2 Å². The Morgan fingerprint density at radius 1 is 1.18 bits per heavy atom. The normalized spacial score (nSPS) is 27.6. The summed E-state index contributed by atoms with van der Waals surface area (Å²) >= 11 is 0. The van der Waals surface area contributed by atoms with Gasteiger partial charge < -0.3 is 15.2 Å². The molecular weight excluding hydrogens is 412 g/mol. The van der Waals surface area contributed by atoms with E-state index in [0.29, 0.717) is 41.6 Å². The molecule has 1 heterocycles. The summed E-state index contributed by atoms with van der Waals surface area (Å²) in [6.07, 6.45) is 11.1. The predicted octanol–water partition coefficient (Wildman–Crippen LogP) is 4.26. The summed E-state index contributed by atoms with van der Waals surface area (Å²) in [4.78, 5) is 26.5. The Morgan fingerprint density at radius 3 is 2.70 bits per heavy atom. The molecule has 5 heteroatoms. The molecule has 0 spiro atoms. The van der Waals surface area contributed by atoms with Crippen molar-refractivity contribution in [2.24, 2.45) is 23.7 Å². The first-order chi connectivity index (χ1) is 16.1. The quantitative estimate of drug-likeness (QED) is 0.668. The summed E-state index contributed by atoms with van der Waals surface area (Å²) in [7, 11) is 1.95. The van der Waals surface area contributed by atoms with Gasteiger partial charge in [-0.25, -0.2) is 0 Å². The highest BCUT2D eigenvalue weighted by atomic mass is 16.3. The van der Waals surface area contributed by atoms with E-state index in [2.05, 4.69) is 23.3 Å². The molecule has 2 aromatic rings. The van der Waals surface area contributed by atoms with Crippen LogP contribution in [0.5, 0.6) is 5.75 Å². The van der Waals surface area contributed by atoms with E-state index in [-0.39, 0.29) is 5.92 Å². The van der Waals surface area contributed by atoms with E-state index in [0.717, 1.165) is 56.1 Å². The molecule has 33 heavy (non-hydrogen) atoms. The maximum absolute atomic E-state index is 12.7. The number of nitrogens with one attached hydrogen (secondary N) is 1. The molecule has 2 fully saturated rings. The summed E-state index contributed by atoms with van der Waals surface area (Å²) < 4.78 is 0. The van der Waals surface area contributed by atoms with Crippen molar-refractivity contribution in [3.8, 4) is 5.75 Å². The molecule has 0 radical (unpaired) electrons. The summed E-state index contributed by atoms with van der Waals surface area (Å²) in [5.41, 5.74) is 4.86. The zero-order valence-electron chi connectivity index (χ0n) is 19.8. The number of phenolic OH excluding ortho intramolecular Hbond substituents is 1. The van der Waals surface area contributed by atoms with Crippen LogP contribution in [0.1, 0.15) is 60.8 Å². The van der Waals surface area contributed by atoms with Gasteiger partial charge in [-0.1, -0.05) is 19.1 Å². The molecule has 5 unspecified atom stereocenters. The first kappa shape index (κ1) is 23.6. The minimum atomic E-state index is 0.233. The predicted molar refractivity (Wildman–Crippen MR) is 129 cm³/mol. The summed E-state index contributed by atoms with van der Waals surface area (Å²) in [5.74, 6) is 3.39. The first-order valence-corrected chi connectivity index (χ1v) is 12.4. The number of phenols is 1. The van der Waals surface area contributed by atoms with E-state index >= 15 is 0 Å². The molecule has 5 atom stereocenters. The topological polar surface area (TPSA) is 79.3 Å². The zero-order valence-corrected chi connectivity index (χ0v) is 19.8. The Hall–Kier alpha value is -2.53. The molecule has 176 valence electrons. The monoisotopic (exact) mass is 448 g/mol. The van der Waals surface area contributed by atoms with Gasteiger partial charge in [0.05, 0.1) is 0 Å². The Kier molecular flexibility index (Phi) is 7.59. The lowest BCUT2D eigenvalue weighted by molar-refractivity contribution is -0.125. The molecule has 0 amide bonds. The van der Waals surface area contributed by atoms with Gasteiger partial charge in [0, 0.05) is 37.2 Å². The molecule has 0 saturated heterocycles. The van der Waals surface area contributed by atoms with Gasteiger partial charge in [0.1, 0.15) is 17.8 Å². The lowest BCUT2D eigenvalue weighted by atomic mass is 9.60. The van der Waals surface area contributed by atoms with Crippen LogP contribution in [0, 0.1) is 23.7 Å². The molecule has 1 aromatic heterocycles. The molecule has 0 bridgehead atoms. The number of aromatic nitrogens is 1. The fourth-order valence-corrected chi connectivity index (χ4v) is 6.53. The number of hydrogen-bond donors (Lipinski definition) is 2. The first-order valence-electron chi connectivity index (χ1n) is 12.4. The Morgan fingerprint density at radius 2 is 2.00 bits per heavy atom. The van der Waals surface area contributed by atoms with Crippen LogP contribution in [0.2, 0.25) is 0 Å². The highest BCUT2D eigenvalue weighted by Gasteiger charge is 2.50. The van der Waals surface area contributed by atoms with Crippen LogP contribution in [-0.4, -0.2) is 35.8 Å². The van der Waals surface area contributed by atoms with E-state index < -0.39 is 0 Å². The molecule has 2 saturated carbocycles. The number of Topliss-reactive ketones (excluding diaryl/α,β-unsaturated/α-hetero) is 1. The number of carbonyl (C=O) groups is 2. The van der Waals surface area contributed by atoms with Crippen molar-refractivity contribution >= 4 is 12.1 Å². The van der Waals surface area contributed by atoms with Gasteiger partial charge in [0.2, 0.25) is 0 Å². The number of aromatic hydroxyl groups is 1. The van der Waals surface area contributed by atoms with E-state index in [1.54, 1.807) is 12.4 Å². The lowest BCUT2D eigenvalue weighted by Gasteiger charge is -2.43. The standard InChI is InChI=1S/C21H29NO2.C7H7NO/c1-3-12-8-18-13(10-20(12)23)4-5-16-15(18)6-7-17-19(16)9-14(11-22-2)21(17)24;9-5-3-7-2-1-4-8-6-7/h8,10,14-17,19,22-23H,3-7,9,11H2,1-2H3;1-2,4-6H,3H2. The van der Waals surface area contributed by atoms with Crippen LogP contribution in [0.3, 0.4) is 0 Å². The second-order valence-electron chi connectivity index (χ2n) is 9.81. The smallest absolute Gasteiger partial charge is 0.140 e. The number of ketones is 1. The van der Waals surface area contributed by atoms with Crippen molar-refractivity contribution < 1.29 is 14.7 Å². The van der Waals surface area contributed by atoms with Gasteiger partial charge in [-0.05, 0) is 97.7 Å². The third kappa shape index (κ3) is 4.89. The lowest BCUT2D eigenvalue weighted by Crippen LogP contribution is -2.35. The van der Waals surface area contributed by atoms with Crippen LogP contribution >= 0.6 is 0 Å². The van der Waals surface area contributed by atoms with Crippen LogP contribution in [0.15, 0.2) is 36.7 Å². The molecule has 0 aliphatic heterocycles. The van der Waals surface area contributed by atoms with Crippen LogP contribution in [0.4, 0.5) is 0 Å². The maximum Gasteiger partial charge on any atom is 0.140 e. The van der Waals surface area contributed by atoms with Crippen molar-refractivity contribution in [2.45, 2.75) is 57.8 Å². The van der Waals surface area contributed by atoms with Gasteiger partial charge in [-0.2, -0.15) is 0 Å². The largest absolute Gasteiger partial charge is 0.508 e. The van der Waals surface area contributed by atoms with Crippen LogP contribution in [-0.2, 0) is 28.9 Å². The molecule has 2 N–H and O–H groups in total. The SMILES string of the molecule is CCc1cc2c(cc1O)CCC1C2CCC2C(=O)C(CNC)CC21.O=CCc1cccnc1. The Labute approximate surface area is 197 Å². The third-order valence-electron chi connectivity index (χ3n) is 8.06. The molecule has 1 aromatic carbocycles. The number of benzene rings is 1. The van der Waals surface area contributed by atoms with E-state index in [9.17, 15) is 14.7 Å².